The van der Waals surface area contributed by atoms with Crippen LogP contribution in [0.25, 0.3) is 0 Å². The van der Waals surface area contributed by atoms with Crippen LogP contribution < -0.4 is 15.8 Å². The van der Waals surface area contributed by atoms with Crippen molar-refractivity contribution in [2.75, 3.05) is 32.5 Å². The molecule has 0 unspecified atom stereocenters. The van der Waals surface area contributed by atoms with E-state index in [4.69, 9.17) is 10.5 Å². The van der Waals surface area contributed by atoms with Gasteiger partial charge < -0.3 is 20.7 Å². The molecule has 0 radical (unpaired) electrons. The van der Waals surface area contributed by atoms with Gasteiger partial charge in [-0.1, -0.05) is 0 Å². The monoisotopic (exact) mass is 275 g/mol. The lowest BCUT2D eigenvalue weighted by molar-refractivity contribution is 0.0619. The van der Waals surface area contributed by atoms with Crippen LogP contribution in [-0.2, 0) is 0 Å². The number of piperidine rings is 3. The van der Waals surface area contributed by atoms with E-state index in [0.29, 0.717) is 22.9 Å². The highest BCUT2D eigenvalue weighted by Crippen LogP contribution is 2.28. The minimum atomic E-state index is -0.0689. The minimum absolute atomic E-state index is 0.0689. The Hall–Kier alpha value is -1.75. The Labute approximate surface area is 119 Å². The molecule has 1 aromatic carbocycles. The Balaban J connectivity index is 1.73. The second-order valence-corrected chi connectivity index (χ2v) is 5.68. The predicted octanol–water partition coefficient (Wildman–Crippen LogP) is 1.10. The summed E-state index contributed by atoms with van der Waals surface area (Å²) in [7, 11) is 1.56. The van der Waals surface area contributed by atoms with Gasteiger partial charge in [-0.3, -0.25) is 4.79 Å². The summed E-state index contributed by atoms with van der Waals surface area (Å²) >= 11 is 0. The number of hydrogen-bond donors (Lipinski definition) is 2. The number of fused-ring (bicyclic) bond motifs is 3. The molecule has 2 bridgehead atoms. The average molecular weight is 275 g/mol. The second-order valence-electron chi connectivity index (χ2n) is 5.68. The van der Waals surface area contributed by atoms with Crippen LogP contribution in [0.3, 0.4) is 0 Å². The maximum Gasteiger partial charge on any atom is 0.255 e. The highest BCUT2D eigenvalue weighted by atomic mass is 16.5. The summed E-state index contributed by atoms with van der Waals surface area (Å²) in [6, 6.07) is 5.40. The van der Waals surface area contributed by atoms with E-state index in [-0.39, 0.29) is 11.9 Å². The number of rotatable bonds is 3. The molecule has 0 aromatic heterocycles. The fourth-order valence-corrected chi connectivity index (χ4v) is 3.27. The van der Waals surface area contributed by atoms with E-state index < -0.39 is 0 Å². The fraction of sp³-hybridized carbons (Fsp3) is 0.533. The van der Waals surface area contributed by atoms with Crippen LogP contribution in [0.1, 0.15) is 23.2 Å². The molecule has 0 aliphatic carbocycles. The first-order chi connectivity index (χ1) is 9.67. The number of nitrogen functional groups attached to an aromatic ring is 1. The molecule has 3 aliphatic rings. The first kappa shape index (κ1) is 13.2. The van der Waals surface area contributed by atoms with Crippen LogP contribution >= 0.6 is 0 Å². The smallest absolute Gasteiger partial charge is 0.255 e. The van der Waals surface area contributed by atoms with Crippen molar-refractivity contribution in [3.8, 4) is 5.75 Å². The first-order valence-corrected chi connectivity index (χ1v) is 7.14. The molecule has 3 heterocycles. The highest BCUT2D eigenvalue weighted by Gasteiger charge is 2.35. The van der Waals surface area contributed by atoms with Crippen molar-refractivity contribution in [3.05, 3.63) is 23.8 Å². The van der Waals surface area contributed by atoms with Crippen LogP contribution in [0.15, 0.2) is 18.2 Å². The maximum atomic E-state index is 12.4. The van der Waals surface area contributed by atoms with Crippen molar-refractivity contribution in [1.29, 1.82) is 0 Å². The number of ether oxygens (including phenoxy) is 1. The van der Waals surface area contributed by atoms with Crippen molar-refractivity contribution in [3.63, 3.8) is 0 Å². The number of nitrogens with two attached hydrogens (primary N) is 1. The average Bonchev–Trinajstić information content (AvgIpc) is 2.48. The number of nitrogens with one attached hydrogen (secondary N) is 1. The predicted molar refractivity (Wildman–Crippen MR) is 77.8 cm³/mol. The SMILES string of the molecule is COc1cc(N)ccc1C(=O)N[C@@H]1CN2CCC1CC2. The van der Waals surface area contributed by atoms with Crippen LogP contribution in [-0.4, -0.2) is 43.6 Å². The second kappa shape index (κ2) is 5.32. The van der Waals surface area contributed by atoms with Crippen LogP contribution in [0.5, 0.6) is 5.75 Å². The molecular formula is C15H21N3O2. The zero-order valence-corrected chi connectivity index (χ0v) is 11.8. The van der Waals surface area contributed by atoms with E-state index in [1.165, 1.54) is 25.9 Å². The van der Waals surface area contributed by atoms with Gasteiger partial charge >= 0.3 is 0 Å². The van der Waals surface area contributed by atoms with Crippen molar-refractivity contribution < 1.29 is 9.53 Å². The molecule has 0 saturated carbocycles. The summed E-state index contributed by atoms with van der Waals surface area (Å²) in [4.78, 5) is 14.9. The Kier molecular flexibility index (Phi) is 3.53. The summed E-state index contributed by atoms with van der Waals surface area (Å²) in [5.41, 5.74) is 6.87. The molecule has 3 N–H and O–H groups in total. The number of nitrogens with zero attached hydrogens (tertiary/aromatic N) is 1. The molecule has 3 saturated heterocycles. The fourth-order valence-electron chi connectivity index (χ4n) is 3.27. The van der Waals surface area contributed by atoms with Gasteiger partial charge in [0.2, 0.25) is 0 Å². The van der Waals surface area contributed by atoms with E-state index in [1.54, 1.807) is 25.3 Å². The van der Waals surface area contributed by atoms with E-state index in [0.717, 1.165) is 6.54 Å². The molecule has 3 fully saturated rings. The van der Waals surface area contributed by atoms with Gasteiger partial charge in [0.15, 0.2) is 0 Å². The van der Waals surface area contributed by atoms with Crippen molar-refractivity contribution in [2.24, 2.45) is 5.92 Å². The van der Waals surface area contributed by atoms with Crippen molar-refractivity contribution >= 4 is 11.6 Å². The maximum absolute atomic E-state index is 12.4. The van der Waals surface area contributed by atoms with Gasteiger partial charge in [-0.05, 0) is 44.0 Å². The Morgan fingerprint density at radius 3 is 2.75 bits per heavy atom. The summed E-state index contributed by atoms with van der Waals surface area (Å²) in [5.74, 6) is 1.08. The van der Waals surface area contributed by atoms with Crippen LogP contribution in [0.4, 0.5) is 5.69 Å². The van der Waals surface area contributed by atoms with E-state index in [1.807, 2.05) is 0 Å². The number of carbonyl (C=O) groups is 1. The van der Waals surface area contributed by atoms with Gasteiger partial charge in [-0.25, -0.2) is 0 Å². The zero-order valence-electron chi connectivity index (χ0n) is 11.8. The summed E-state index contributed by atoms with van der Waals surface area (Å²) in [6.45, 7) is 3.30. The van der Waals surface area contributed by atoms with E-state index >= 15 is 0 Å². The highest BCUT2D eigenvalue weighted by molar-refractivity contribution is 5.97. The van der Waals surface area contributed by atoms with Gasteiger partial charge in [-0.2, -0.15) is 0 Å². The molecule has 0 spiro atoms. The van der Waals surface area contributed by atoms with Gasteiger partial charge in [0, 0.05) is 24.3 Å². The quantitative estimate of drug-likeness (QED) is 0.811. The lowest BCUT2D eigenvalue weighted by atomic mass is 9.84. The number of carbonyl (C=O) groups excluding carboxylic acids is 1. The standard InChI is InChI=1S/C15H21N3O2/c1-20-14-8-11(16)2-3-12(14)15(19)17-13-9-18-6-4-10(13)5-7-18/h2-3,8,10,13H,4-7,9,16H2,1H3,(H,17,19)/t13-/m1/s1. The van der Waals surface area contributed by atoms with Crippen LogP contribution in [0.2, 0.25) is 0 Å². The molecule has 3 aliphatic heterocycles. The Morgan fingerprint density at radius 2 is 2.15 bits per heavy atom. The molecule has 1 atom stereocenters. The number of anilines is 1. The van der Waals surface area contributed by atoms with Gasteiger partial charge in [0.25, 0.3) is 5.91 Å². The molecule has 1 aromatic rings. The van der Waals surface area contributed by atoms with Gasteiger partial charge in [-0.15, -0.1) is 0 Å². The largest absolute Gasteiger partial charge is 0.496 e. The summed E-state index contributed by atoms with van der Waals surface area (Å²) in [5, 5.41) is 3.16. The topological polar surface area (TPSA) is 67.6 Å². The number of methoxy groups -OCH3 is 1. The van der Waals surface area contributed by atoms with E-state index in [2.05, 4.69) is 10.2 Å². The lowest BCUT2D eigenvalue weighted by Crippen LogP contribution is -2.57. The molecule has 5 nitrogen and oxygen atoms in total. The molecule has 1 amide bonds. The minimum Gasteiger partial charge on any atom is -0.496 e. The van der Waals surface area contributed by atoms with Gasteiger partial charge in [0.05, 0.1) is 12.7 Å². The molecule has 4 rings (SSSR count). The Morgan fingerprint density at radius 1 is 1.40 bits per heavy atom. The summed E-state index contributed by atoms with van der Waals surface area (Å²) < 4.78 is 5.25. The first-order valence-electron chi connectivity index (χ1n) is 7.14. The lowest BCUT2D eigenvalue weighted by Gasteiger charge is -2.44. The van der Waals surface area contributed by atoms with E-state index in [9.17, 15) is 4.79 Å². The number of hydrogen-bond acceptors (Lipinski definition) is 4. The van der Waals surface area contributed by atoms with Crippen molar-refractivity contribution in [1.82, 2.24) is 10.2 Å². The van der Waals surface area contributed by atoms with Crippen LogP contribution in [0, 0.1) is 5.92 Å². The Bertz CT molecular complexity index is 510. The number of amides is 1. The third-order valence-electron chi connectivity index (χ3n) is 4.44. The third kappa shape index (κ3) is 2.45. The molecule has 108 valence electrons. The third-order valence-corrected chi connectivity index (χ3v) is 4.44. The number of benzene rings is 1. The molecule has 20 heavy (non-hydrogen) atoms. The normalized spacial score (nSPS) is 28.1. The van der Waals surface area contributed by atoms with Gasteiger partial charge in [0.1, 0.15) is 5.75 Å². The van der Waals surface area contributed by atoms with Crippen molar-refractivity contribution in [2.45, 2.75) is 18.9 Å². The molecular weight excluding hydrogens is 254 g/mol. The summed E-state index contributed by atoms with van der Waals surface area (Å²) in [6.07, 6.45) is 2.37. The zero-order chi connectivity index (χ0) is 14.1. The molecule has 5 heteroatoms.